The van der Waals surface area contributed by atoms with E-state index in [1.807, 2.05) is 12.1 Å². The summed E-state index contributed by atoms with van der Waals surface area (Å²) in [4.78, 5) is 18.7. The van der Waals surface area contributed by atoms with Crippen molar-refractivity contribution in [3.8, 4) is 11.3 Å². The van der Waals surface area contributed by atoms with Gasteiger partial charge in [-0.05, 0) is 28.1 Å². The summed E-state index contributed by atoms with van der Waals surface area (Å²) in [5.74, 6) is 0. The molecule has 0 saturated heterocycles. The Morgan fingerprint density at radius 2 is 2.06 bits per heavy atom. The van der Waals surface area contributed by atoms with E-state index in [1.165, 1.54) is 0 Å². The van der Waals surface area contributed by atoms with Crippen molar-refractivity contribution in [1.82, 2.24) is 9.97 Å². The van der Waals surface area contributed by atoms with Crippen molar-refractivity contribution in [1.29, 1.82) is 0 Å². The number of hydrogen-bond acceptors (Lipinski definition) is 4. The first kappa shape index (κ1) is 13.0. The molecule has 0 amide bonds. The first-order chi connectivity index (χ1) is 8.70. The first-order valence-electron chi connectivity index (χ1n) is 5.03. The predicted molar refractivity (Wildman–Crippen MR) is 71.0 cm³/mol. The summed E-state index contributed by atoms with van der Waals surface area (Å²) in [6, 6.07) is 7.25. The number of benzene rings is 1. The van der Waals surface area contributed by atoms with Crippen LogP contribution in [0.4, 0.5) is 0 Å². The van der Waals surface area contributed by atoms with Gasteiger partial charge in [0.2, 0.25) is 0 Å². The molecule has 0 spiro atoms. The van der Waals surface area contributed by atoms with Crippen LogP contribution in [0.5, 0.6) is 0 Å². The highest BCUT2D eigenvalue weighted by molar-refractivity contribution is 9.10. The molecule has 92 valence electrons. The number of halogens is 2. The van der Waals surface area contributed by atoms with Crippen molar-refractivity contribution in [2.24, 2.45) is 0 Å². The Morgan fingerprint density at radius 1 is 1.33 bits per heavy atom. The average molecular weight is 328 g/mol. The summed E-state index contributed by atoms with van der Waals surface area (Å²) < 4.78 is 5.27. The summed E-state index contributed by atoms with van der Waals surface area (Å²) in [6.45, 7) is 0.482. The zero-order valence-electron chi connectivity index (χ0n) is 9.14. The summed E-state index contributed by atoms with van der Waals surface area (Å²) in [7, 11) is 0. The molecule has 0 unspecified atom stereocenters. The van der Waals surface area contributed by atoms with Gasteiger partial charge in [0.25, 0.3) is 6.47 Å². The zero-order valence-corrected chi connectivity index (χ0v) is 11.5. The molecule has 1 aromatic carbocycles. The monoisotopic (exact) mass is 326 g/mol. The fourth-order valence-corrected chi connectivity index (χ4v) is 1.94. The van der Waals surface area contributed by atoms with E-state index >= 15 is 0 Å². The molecule has 0 aliphatic heterocycles. The number of hydrogen-bond donors (Lipinski definition) is 0. The van der Waals surface area contributed by atoms with Crippen molar-refractivity contribution in [2.45, 2.75) is 6.61 Å². The molecular weight excluding hydrogens is 320 g/mol. The normalized spacial score (nSPS) is 10.1. The molecule has 0 N–H and O–H groups in total. The van der Waals surface area contributed by atoms with Crippen LogP contribution in [0.15, 0.2) is 35.1 Å². The molecule has 2 rings (SSSR count). The molecule has 6 heteroatoms. The van der Waals surface area contributed by atoms with Crippen molar-refractivity contribution >= 4 is 34.0 Å². The van der Waals surface area contributed by atoms with Crippen molar-refractivity contribution in [3.63, 3.8) is 0 Å². The van der Waals surface area contributed by atoms with Gasteiger partial charge < -0.3 is 4.74 Å². The van der Waals surface area contributed by atoms with Crippen LogP contribution >= 0.6 is 27.5 Å². The second kappa shape index (κ2) is 5.93. The van der Waals surface area contributed by atoms with Gasteiger partial charge >= 0.3 is 0 Å². The molecule has 0 bridgehead atoms. The molecule has 1 aromatic heterocycles. The first-order valence-corrected chi connectivity index (χ1v) is 6.20. The number of nitrogens with zero attached hydrogens (tertiary/aromatic N) is 2. The van der Waals surface area contributed by atoms with Crippen LogP contribution in [-0.4, -0.2) is 16.4 Å². The lowest BCUT2D eigenvalue weighted by Crippen LogP contribution is -1.98. The van der Waals surface area contributed by atoms with E-state index in [0.29, 0.717) is 27.5 Å². The topological polar surface area (TPSA) is 52.1 Å². The van der Waals surface area contributed by atoms with Crippen LogP contribution in [0.25, 0.3) is 11.3 Å². The minimum absolute atomic E-state index is 0.102. The second-order valence-corrected chi connectivity index (χ2v) is 4.60. The Hall–Kier alpha value is -1.46. The Kier molecular flexibility index (Phi) is 4.28. The fraction of sp³-hybridized carbons (Fsp3) is 0.0833. The summed E-state index contributed by atoms with van der Waals surface area (Å²) in [6.07, 6.45) is 1.55. The second-order valence-electron chi connectivity index (χ2n) is 3.41. The number of aromatic nitrogens is 2. The molecule has 2 aromatic rings. The lowest BCUT2D eigenvalue weighted by molar-refractivity contribution is -0.129. The molecule has 0 atom stereocenters. The Balaban J connectivity index is 2.36. The number of ether oxygens (including phenoxy) is 1. The van der Waals surface area contributed by atoms with E-state index in [0.717, 1.165) is 5.56 Å². The quantitative estimate of drug-likeness (QED) is 0.809. The van der Waals surface area contributed by atoms with Gasteiger partial charge in [-0.2, -0.15) is 0 Å². The highest BCUT2D eigenvalue weighted by atomic mass is 79.9. The standard InChI is InChI=1S/C12H8BrClN2O2/c13-12-11(8-1-3-9(14)4-2-8)16-10(5-15-12)6-18-7-17/h1-5,7H,6H2. The predicted octanol–water partition coefficient (Wildman–Crippen LogP) is 3.23. The molecule has 4 nitrogen and oxygen atoms in total. The van der Waals surface area contributed by atoms with Gasteiger partial charge in [0, 0.05) is 10.6 Å². The number of rotatable bonds is 4. The van der Waals surface area contributed by atoms with Crippen LogP contribution in [-0.2, 0) is 16.1 Å². The maximum Gasteiger partial charge on any atom is 0.293 e. The lowest BCUT2D eigenvalue weighted by Gasteiger charge is -2.06. The minimum Gasteiger partial charge on any atom is -0.461 e. The van der Waals surface area contributed by atoms with E-state index in [-0.39, 0.29) is 6.61 Å². The molecular formula is C12H8BrClN2O2. The summed E-state index contributed by atoms with van der Waals surface area (Å²) >= 11 is 9.17. The highest BCUT2D eigenvalue weighted by Gasteiger charge is 2.08. The van der Waals surface area contributed by atoms with Crippen molar-refractivity contribution < 1.29 is 9.53 Å². The Bertz CT molecular complexity index is 561. The third-order valence-corrected chi connectivity index (χ3v) is 3.03. The van der Waals surface area contributed by atoms with Gasteiger partial charge in [-0.25, -0.2) is 9.97 Å². The minimum atomic E-state index is 0.102. The van der Waals surface area contributed by atoms with E-state index < -0.39 is 0 Å². The molecule has 18 heavy (non-hydrogen) atoms. The number of carbonyl (C=O) groups excluding carboxylic acids is 1. The van der Waals surface area contributed by atoms with Crippen LogP contribution in [0.1, 0.15) is 5.69 Å². The smallest absolute Gasteiger partial charge is 0.293 e. The molecule has 1 heterocycles. The third kappa shape index (κ3) is 3.05. The van der Waals surface area contributed by atoms with Gasteiger partial charge in [0.15, 0.2) is 0 Å². The van der Waals surface area contributed by atoms with Gasteiger partial charge in [0.05, 0.1) is 11.9 Å². The van der Waals surface area contributed by atoms with Gasteiger partial charge in [-0.15, -0.1) is 0 Å². The average Bonchev–Trinajstić information content (AvgIpc) is 2.39. The molecule has 0 aliphatic carbocycles. The van der Waals surface area contributed by atoms with Crippen molar-refractivity contribution in [3.05, 3.63) is 45.8 Å². The Morgan fingerprint density at radius 3 is 2.72 bits per heavy atom. The van der Waals surface area contributed by atoms with Crippen LogP contribution in [0.2, 0.25) is 5.02 Å². The SMILES string of the molecule is O=COCc1cnc(Br)c(-c2ccc(Cl)cc2)n1. The maximum atomic E-state index is 10.1. The number of carbonyl (C=O) groups is 1. The van der Waals surface area contributed by atoms with Crippen LogP contribution in [0, 0.1) is 0 Å². The van der Waals surface area contributed by atoms with Crippen molar-refractivity contribution in [2.75, 3.05) is 0 Å². The largest absolute Gasteiger partial charge is 0.461 e. The molecule has 0 saturated carbocycles. The van der Waals surface area contributed by atoms with E-state index in [2.05, 4.69) is 30.6 Å². The lowest BCUT2D eigenvalue weighted by atomic mass is 10.1. The fourth-order valence-electron chi connectivity index (χ4n) is 1.39. The van der Waals surface area contributed by atoms with E-state index in [9.17, 15) is 4.79 Å². The maximum absolute atomic E-state index is 10.1. The summed E-state index contributed by atoms with van der Waals surface area (Å²) in [5, 5.41) is 0.656. The van der Waals surface area contributed by atoms with Crippen LogP contribution in [0.3, 0.4) is 0 Å². The third-order valence-electron chi connectivity index (χ3n) is 2.19. The summed E-state index contributed by atoms with van der Waals surface area (Å²) in [5.41, 5.74) is 2.14. The van der Waals surface area contributed by atoms with Crippen LogP contribution < -0.4 is 0 Å². The van der Waals surface area contributed by atoms with E-state index in [1.54, 1.807) is 18.3 Å². The molecule has 0 fully saturated rings. The van der Waals surface area contributed by atoms with Gasteiger partial charge in [-0.3, -0.25) is 4.79 Å². The molecule has 0 aliphatic rings. The van der Waals surface area contributed by atoms with Gasteiger partial charge in [0.1, 0.15) is 16.9 Å². The zero-order chi connectivity index (χ0) is 13.0. The Labute approximate surface area is 117 Å². The molecule has 0 radical (unpaired) electrons. The van der Waals surface area contributed by atoms with Gasteiger partial charge in [-0.1, -0.05) is 23.7 Å². The van der Waals surface area contributed by atoms with E-state index in [4.69, 9.17) is 11.6 Å². The highest BCUT2D eigenvalue weighted by Crippen LogP contribution is 2.25.